The Hall–Kier alpha value is -1.26. The highest BCUT2D eigenvalue weighted by Gasteiger charge is 2.01. The van der Waals surface area contributed by atoms with Crippen molar-refractivity contribution in [3.05, 3.63) is 46.0 Å². The number of hydrogen-bond acceptors (Lipinski definition) is 3. The number of rotatable bonds is 2. The first-order valence-corrected chi connectivity index (χ1v) is 5.67. The van der Waals surface area contributed by atoms with E-state index < -0.39 is 0 Å². The Kier molecular flexibility index (Phi) is 3.31. The third kappa shape index (κ3) is 2.87. The predicted octanol–water partition coefficient (Wildman–Crippen LogP) is 3.87. The largest absolute Gasteiger partial charge is 0.439 e. The maximum Gasteiger partial charge on any atom is 0.222 e. The lowest BCUT2D eigenvalue weighted by molar-refractivity contribution is 0.463. The van der Waals surface area contributed by atoms with E-state index in [4.69, 9.17) is 22.1 Å². The number of aromatic nitrogens is 1. The molecule has 2 aromatic rings. The van der Waals surface area contributed by atoms with Crippen molar-refractivity contribution in [2.24, 2.45) is 0 Å². The van der Waals surface area contributed by atoms with Crippen molar-refractivity contribution in [2.45, 2.75) is 0 Å². The van der Waals surface area contributed by atoms with Crippen LogP contribution >= 0.6 is 27.5 Å². The molecule has 3 nitrogen and oxygen atoms in total. The number of nitrogen functional groups attached to an aromatic ring is 1. The number of pyridine rings is 1. The van der Waals surface area contributed by atoms with E-state index in [1.165, 1.54) is 0 Å². The SMILES string of the molecule is Nc1cc(Cl)nc(Oc2ccc(Br)cc2)c1. The average molecular weight is 300 g/mol. The third-order valence-electron chi connectivity index (χ3n) is 1.83. The normalized spacial score (nSPS) is 10.1. The zero-order valence-corrected chi connectivity index (χ0v) is 10.5. The standard InChI is InChI=1S/C11H8BrClN2O/c12-7-1-3-9(4-2-7)16-11-6-8(14)5-10(13)15-11/h1-6H,(H2,14,15). The van der Waals surface area contributed by atoms with Gasteiger partial charge in [0.1, 0.15) is 10.9 Å². The number of nitrogens with zero attached hydrogens (tertiary/aromatic N) is 1. The van der Waals surface area contributed by atoms with Crippen LogP contribution in [-0.4, -0.2) is 4.98 Å². The summed E-state index contributed by atoms with van der Waals surface area (Å²) in [6.07, 6.45) is 0. The molecule has 0 aliphatic heterocycles. The van der Waals surface area contributed by atoms with E-state index in [0.717, 1.165) is 4.47 Å². The molecule has 0 aliphatic rings. The molecule has 0 atom stereocenters. The molecule has 0 amide bonds. The number of ether oxygens (including phenoxy) is 1. The topological polar surface area (TPSA) is 48.1 Å². The Balaban J connectivity index is 2.23. The van der Waals surface area contributed by atoms with Gasteiger partial charge >= 0.3 is 0 Å². The highest BCUT2D eigenvalue weighted by atomic mass is 79.9. The van der Waals surface area contributed by atoms with Crippen molar-refractivity contribution >= 4 is 33.2 Å². The number of hydrogen-bond donors (Lipinski definition) is 1. The van der Waals surface area contributed by atoms with Gasteiger partial charge in [0, 0.05) is 16.2 Å². The monoisotopic (exact) mass is 298 g/mol. The second kappa shape index (κ2) is 4.72. The Labute approximate surface area is 106 Å². The minimum absolute atomic E-state index is 0.312. The summed E-state index contributed by atoms with van der Waals surface area (Å²) in [5.41, 5.74) is 6.15. The van der Waals surface area contributed by atoms with Gasteiger partial charge < -0.3 is 10.5 Å². The Morgan fingerprint density at radius 3 is 2.50 bits per heavy atom. The molecule has 0 saturated carbocycles. The van der Waals surface area contributed by atoms with Crippen LogP contribution in [0.15, 0.2) is 40.9 Å². The molecule has 0 unspecified atom stereocenters. The number of benzene rings is 1. The van der Waals surface area contributed by atoms with Crippen molar-refractivity contribution in [3.8, 4) is 11.6 Å². The van der Waals surface area contributed by atoms with Crippen LogP contribution in [0.1, 0.15) is 0 Å². The van der Waals surface area contributed by atoms with E-state index >= 15 is 0 Å². The van der Waals surface area contributed by atoms with Gasteiger partial charge in [-0.1, -0.05) is 27.5 Å². The average Bonchev–Trinajstić information content (AvgIpc) is 2.20. The summed E-state index contributed by atoms with van der Waals surface area (Å²) in [6, 6.07) is 10.6. The zero-order valence-electron chi connectivity index (χ0n) is 8.15. The molecule has 0 fully saturated rings. The van der Waals surface area contributed by atoms with Crippen molar-refractivity contribution in [1.82, 2.24) is 4.98 Å². The molecule has 0 spiro atoms. The molecule has 0 bridgehead atoms. The van der Waals surface area contributed by atoms with Gasteiger partial charge in [-0.2, -0.15) is 0 Å². The molecule has 5 heteroatoms. The number of anilines is 1. The summed E-state index contributed by atoms with van der Waals surface area (Å²) in [7, 11) is 0. The van der Waals surface area contributed by atoms with Crippen molar-refractivity contribution in [2.75, 3.05) is 5.73 Å². The van der Waals surface area contributed by atoms with Gasteiger partial charge in [0.2, 0.25) is 5.88 Å². The number of nitrogens with two attached hydrogens (primary N) is 1. The van der Waals surface area contributed by atoms with E-state index in [9.17, 15) is 0 Å². The predicted molar refractivity (Wildman–Crippen MR) is 67.9 cm³/mol. The molecule has 1 aromatic carbocycles. The summed E-state index contributed by atoms with van der Waals surface area (Å²) in [5, 5.41) is 0.312. The van der Waals surface area contributed by atoms with Crippen LogP contribution in [0.4, 0.5) is 5.69 Å². The highest BCUT2D eigenvalue weighted by Crippen LogP contribution is 2.24. The quantitative estimate of drug-likeness (QED) is 0.856. The lowest BCUT2D eigenvalue weighted by Crippen LogP contribution is -1.91. The second-order valence-corrected chi connectivity index (χ2v) is 4.42. The fourth-order valence-corrected chi connectivity index (χ4v) is 1.64. The molecule has 0 saturated heterocycles. The van der Waals surface area contributed by atoms with E-state index in [2.05, 4.69) is 20.9 Å². The van der Waals surface area contributed by atoms with Gasteiger partial charge in [-0.25, -0.2) is 4.98 Å². The van der Waals surface area contributed by atoms with Crippen molar-refractivity contribution in [3.63, 3.8) is 0 Å². The minimum atomic E-state index is 0.312. The van der Waals surface area contributed by atoms with Crippen LogP contribution in [-0.2, 0) is 0 Å². The molecule has 82 valence electrons. The first kappa shape index (κ1) is 11.2. The second-order valence-electron chi connectivity index (χ2n) is 3.12. The summed E-state index contributed by atoms with van der Waals surface area (Å²) in [6.45, 7) is 0. The maximum absolute atomic E-state index is 5.76. The van der Waals surface area contributed by atoms with Crippen LogP contribution in [0.5, 0.6) is 11.6 Å². The molecule has 2 rings (SSSR count). The van der Waals surface area contributed by atoms with Gasteiger partial charge in [0.25, 0.3) is 0 Å². The van der Waals surface area contributed by atoms with E-state index in [1.54, 1.807) is 12.1 Å². The molecular formula is C11H8BrClN2O. The Bertz CT molecular complexity index is 482. The smallest absolute Gasteiger partial charge is 0.222 e. The lowest BCUT2D eigenvalue weighted by Gasteiger charge is -2.05. The molecule has 1 aromatic heterocycles. The van der Waals surface area contributed by atoms with Crippen molar-refractivity contribution in [1.29, 1.82) is 0 Å². The van der Waals surface area contributed by atoms with Crippen LogP contribution in [0.3, 0.4) is 0 Å². The molecule has 16 heavy (non-hydrogen) atoms. The fourth-order valence-electron chi connectivity index (χ4n) is 1.17. The van der Waals surface area contributed by atoms with Crippen LogP contribution < -0.4 is 10.5 Å². The third-order valence-corrected chi connectivity index (χ3v) is 2.55. The summed E-state index contributed by atoms with van der Waals surface area (Å²) in [5.74, 6) is 1.06. The van der Waals surface area contributed by atoms with E-state index in [0.29, 0.717) is 22.5 Å². The molecule has 0 radical (unpaired) electrons. The van der Waals surface area contributed by atoms with Crippen molar-refractivity contribution < 1.29 is 4.74 Å². The van der Waals surface area contributed by atoms with Gasteiger partial charge in [-0.05, 0) is 30.3 Å². The zero-order chi connectivity index (χ0) is 11.5. The molecular weight excluding hydrogens is 291 g/mol. The summed E-state index contributed by atoms with van der Waals surface area (Å²) in [4.78, 5) is 4.00. The summed E-state index contributed by atoms with van der Waals surface area (Å²) < 4.78 is 6.48. The Morgan fingerprint density at radius 1 is 1.19 bits per heavy atom. The molecule has 0 aliphatic carbocycles. The fraction of sp³-hybridized carbons (Fsp3) is 0. The highest BCUT2D eigenvalue weighted by molar-refractivity contribution is 9.10. The van der Waals surface area contributed by atoms with Gasteiger partial charge in [-0.3, -0.25) is 0 Å². The van der Waals surface area contributed by atoms with Crippen LogP contribution in [0.25, 0.3) is 0 Å². The van der Waals surface area contributed by atoms with Gasteiger partial charge in [-0.15, -0.1) is 0 Å². The minimum Gasteiger partial charge on any atom is -0.439 e. The van der Waals surface area contributed by atoms with E-state index in [1.807, 2.05) is 24.3 Å². The van der Waals surface area contributed by atoms with Crippen LogP contribution in [0.2, 0.25) is 5.15 Å². The first-order valence-electron chi connectivity index (χ1n) is 4.50. The first-order chi connectivity index (χ1) is 7.63. The molecule has 1 heterocycles. The van der Waals surface area contributed by atoms with Gasteiger partial charge in [0.15, 0.2) is 0 Å². The molecule has 2 N–H and O–H groups in total. The van der Waals surface area contributed by atoms with Crippen LogP contribution in [0, 0.1) is 0 Å². The maximum atomic E-state index is 5.76. The Morgan fingerprint density at radius 2 is 1.88 bits per heavy atom. The summed E-state index contributed by atoms with van der Waals surface area (Å²) >= 11 is 9.10. The number of halogens is 2. The lowest BCUT2D eigenvalue weighted by atomic mass is 10.3. The van der Waals surface area contributed by atoms with Gasteiger partial charge in [0.05, 0.1) is 0 Å². The van der Waals surface area contributed by atoms with E-state index in [-0.39, 0.29) is 0 Å².